The second kappa shape index (κ2) is 7.57. The van der Waals surface area contributed by atoms with Crippen LogP contribution in [0.1, 0.15) is 24.1 Å². The first kappa shape index (κ1) is 16.0. The highest BCUT2D eigenvalue weighted by molar-refractivity contribution is 7.99. The van der Waals surface area contributed by atoms with Crippen LogP contribution in [0.15, 0.2) is 47.4 Å². The standard InChI is InChI=1S/C17H19F2NS/c1-3-20-16(13-8-9-14(18)12(2)10-13)11-21-17-7-5-4-6-15(17)19/h4-10,16,20H,3,11H2,1-2H3. The van der Waals surface area contributed by atoms with E-state index in [2.05, 4.69) is 5.32 Å². The van der Waals surface area contributed by atoms with E-state index in [1.165, 1.54) is 23.9 Å². The number of thioether (sulfide) groups is 1. The molecule has 2 aromatic carbocycles. The highest BCUT2D eigenvalue weighted by atomic mass is 32.2. The van der Waals surface area contributed by atoms with Crippen molar-refractivity contribution >= 4 is 11.8 Å². The quantitative estimate of drug-likeness (QED) is 0.775. The molecule has 0 aliphatic carbocycles. The van der Waals surface area contributed by atoms with E-state index in [0.29, 0.717) is 16.2 Å². The molecule has 0 radical (unpaired) electrons. The first-order valence-corrected chi connectivity index (χ1v) is 7.97. The van der Waals surface area contributed by atoms with Crippen molar-refractivity contribution in [3.63, 3.8) is 0 Å². The summed E-state index contributed by atoms with van der Waals surface area (Å²) in [6.07, 6.45) is 0. The molecular formula is C17H19F2NS. The molecule has 1 N–H and O–H groups in total. The lowest BCUT2D eigenvalue weighted by Crippen LogP contribution is -2.23. The van der Waals surface area contributed by atoms with Gasteiger partial charge in [-0.2, -0.15) is 0 Å². The maximum atomic E-state index is 13.7. The summed E-state index contributed by atoms with van der Waals surface area (Å²) in [5.74, 6) is 0.295. The molecule has 1 unspecified atom stereocenters. The molecule has 1 nitrogen and oxygen atoms in total. The van der Waals surface area contributed by atoms with Crippen molar-refractivity contribution in [1.29, 1.82) is 0 Å². The number of hydrogen-bond acceptors (Lipinski definition) is 2. The molecule has 21 heavy (non-hydrogen) atoms. The minimum absolute atomic E-state index is 0.0684. The largest absolute Gasteiger partial charge is 0.309 e. The number of benzene rings is 2. The van der Waals surface area contributed by atoms with E-state index in [-0.39, 0.29) is 17.7 Å². The molecule has 4 heteroatoms. The maximum Gasteiger partial charge on any atom is 0.136 e. The Morgan fingerprint density at radius 1 is 1.10 bits per heavy atom. The van der Waals surface area contributed by atoms with Crippen LogP contribution in [0.4, 0.5) is 8.78 Å². The smallest absolute Gasteiger partial charge is 0.136 e. The van der Waals surface area contributed by atoms with Crippen LogP contribution in [0.2, 0.25) is 0 Å². The third-order valence-electron chi connectivity index (χ3n) is 3.28. The Kier molecular flexibility index (Phi) is 5.76. The molecule has 0 aromatic heterocycles. The molecule has 0 fully saturated rings. The topological polar surface area (TPSA) is 12.0 Å². The van der Waals surface area contributed by atoms with E-state index >= 15 is 0 Å². The van der Waals surface area contributed by atoms with E-state index in [0.717, 1.165) is 12.1 Å². The molecule has 0 heterocycles. The number of rotatable bonds is 6. The molecule has 0 saturated carbocycles. The molecule has 1 atom stereocenters. The van der Waals surface area contributed by atoms with Crippen molar-refractivity contribution in [3.8, 4) is 0 Å². The van der Waals surface area contributed by atoms with Crippen LogP contribution < -0.4 is 5.32 Å². The van der Waals surface area contributed by atoms with Gasteiger partial charge < -0.3 is 5.32 Å². The summed E-state index contributed by atoms with van der Waals surface area (Å²) in [6, 6.07) is 12.0. The second-order valence-corrected chi connectivity index (χ2v) is 5.92. The summed E-state index contributed by atoms with van der Waals surface area (Å²) in [5, 5.41) is 3.37. The molecule has 2 rings (SSSR count). The van der Waals surface area contributed by atoms with Gasteiger partial charge in [0.15, 0.2) is 0 Å². The van der Waals surface area contributed by atoms with Gasteiger partial charge in [0.1, 0.15) is 11.6 Å². The maximum absolute atomic E-state index is 13.7. The average molecular weight is 307 g/mol. The van der Waals surface area contributed by atoms with E-state index in [4.69, 9.17) is 0 Å². The Bertz CT molecular complexity index is 601. The zero-order chi connectivity index (χ0) is 15.2. The summed E-state index contributed by atoms with van der Waals surface area (Å²) in [6.45, 7) is 4.59. The number of hydrogen-bond donors (Lipinski definition) is 1. The molecule has 2 aromatic rings. The fraction of sp³-hybridized carbons (Fsp3) is 0.294. The Labute approximate surface area is 128 Å². The Morgan fingerprint density at radius 2 is 1.86 bits per heavy atom. The molecule has 112 valence electrons. The molecule has 0 amide bonds. The zero-order valence-electron chi connectivity index (χ0n) is 12.2. The van der Waals surface area contributed by atoms with Gasteiger partial charge in [0.05, 0.1) is 0 Å². The van der Waals surface area contributed by atoms with Crippen LogP contribution in [-0.2, 0) is 0 Å². The van der Waals surface area contributed by atoms with Crippen molar-refractivity contribution in [2.24, 2.45) is 0 Å². The predicted molar refractivity (Wildman–Crippen MR) is 84.7 cm³/mol. The van der Waals surface area contributed by atoms with Gasteiger partial charge in [0.2, 0.25) is 0 Å². The second-order valence-electron chi connectivity index (χ2n) is 4.86. The highest BCUT2D eigenvalue weighted by Gasteiger charge is 2.13. The number of nitrogens with one attached hydrogen (secondary N) is 1. The average Bonchev–Trinajstić information content (AvgIpc) is 2.48. The van der Waals surface area contributed by atoms with Crippen LogP contribution in [0.25, 0.3) is 0 Å². The minimum Gasteiger partial charge on any atom is -0.309 e. The van der Waals surface area contributed by atoms with Crippen LogP contribution in [0, 0.1) is 18.6 Å². The molecule has 0 spiro atoms. The van der Waals surface area contributed by atoms with Crippen LogP contribution >= 0.6 is 11.8 Å². The third-order valence-corrected chi connectivity index (χ3v) is 4.42. The van der Waals surface area contributed by atoms with E-state index in [1.54, 1.807) is 25.1 Å². The number of halogens is 2. The van der Waals surface area contributed by atoms with E-state index < -0.39 is 0 Å². The highest BCUT2D eigenvalue weighted by Crippen LogP contribution is 2.27. The Hall–Kier alpha value is -1.39. The van der Waals surface area contributed by atoms with Gasteiger partial charge in [-0.1, -0.05) is 31.2 Å². The van der Waals surface area contributed by atoms with Gasteiger partial charge in [0, 0.05) is 16.7 Å². The zero-order valence-corrected chi connectivity index (χ0v) is 13.0. The van der Waals surface area contributed by atoms with Gasteiger partial charge in [-0.15, -0.1) is 11.8 Å². The van der Waals surface area contributed by atoms with Crippen LogP contribution in [-0.4, -0.2) is 12.3 Å². The van der Waals surface area contributed by atoms with Crippen molar-refractivity contribution in [2.45, 2.75) is 24.8 Å². The predicted octanol–water partition coefficient (Wildman–Crippen LogP) is 4.72. The summed E-state index contributed by atoms with van der Waals surface area (Å²) < 4.78 is 27.0. The van der Waals surface area contributed by atoms with Gasteiger partial charge >= 0.3 is 0 Å². The fourth-order valence-electron chi connectivity index (χ4n) is 2.14. The summed E-state index contributed by atoms with van der Waals surface area (Å²) in [5.41, 5.74) is 1.66. The van der Waals surface area contributed by atoms with Crippen molar-refractivity contribution in [2.75, 3.05) is 12.3 Å². The molecule has 0 aliphatic rings. The van der Waals surface area contributed by atoms with Gasteiger partial charge in [-0.3, -0.25) is 0 Å². The normalized spacial score (nSPS) is 12.4. The Morgan fingerprint density at radius 3 is 2.52 bits per heavy atom. The minimum atomic E-state index is -0.201. The first-order chi connectivity index (χ1) is 10.1. The van der Waals surface area contributed by atoms with Gasteiger partial charge in [-0.25, -0.2) is 8.78 Å². The summed E-state index contributed by atoms with van der Waals surface area (Å²) in [4.78, 5) is 0.638. The number of aryl methyl sites for hydroxylation is 1. The lowest BCUT2D eigenvalue weighted by Gasteiger charge is -2.19. The van der Waals surface area contributed by atoms with Crippen LogP contribution in [0.3, 0.4) is 0 Å². The lowest BCUT2D eigenvalue weighted by molar-refractivity contribution is 0.590. The summed E-state index contributed by atoms with van der Waals surface area (Å²) in [7, 11) is 0. The van der Waals surface area contributed by atoms with Crippen molar-refractivity contribution in [1.82, 2.24) is 5.32 Å². The third kappa shape index (κ3) is 4.29. The lowest BCUT2D eigenvalue weighted by atomic mass is 10.1. The SMILES string of the molecule is CCNC(CSc1ccccc1F)c1ccc(F)c(C)c1. The van der Waals surface area contributed by atoms with E-state index in [9.17, 15) is 8.78 Å². The fourth-order valence-corrected chi connectivity index (χ4v) is 3.18. The monoisotopic (exact) mass is 307 g/mol. The molecule has 0 saturated heterocycles. The van der Waals surface area contributed by atoms with Crippen molar-refractivity contribution < 1.29 is 8.78 Å². The Balaban J connectivity index is 2.12. The summed E-state index contributed by atoms with van der Waals surface area (Å²) >= 11 is 1.47. The van der Waals surface area contributed by atoms with Crippen LogP contribution in [0.5, 0.6) is 0 Å². The molecule has 0 aliphatic heterocycles. The van der Waals surface area contributed by atoms with Crippen molar-refractivity contribution in [3.05, 3.63) is 65.2 Å². The first-order valence-electron chi connectivity index (χ1n) is 6.98. The van der Waals surface area contributed by atoms with Gasteiger partial charge in [0.25, 0.3) is 0 Å². The van der Waals surface area contributed by atoms with E-state index in [1.807, 2.05) is 19.1 Å². The van der Waals surface area contributed by atoms with Gasteiger partial charge in [-0.05, 0) is 42.8 Å². The molecule has 0 bridgehead atoms. The molecular weight excluding hydrogens is 288 g/mol.